The Kier molecular flexibility index (Phi) is 6.82. The number of ether oxygens (including phenoxy) is 3. The van der Waals surface area contributed by atoms with Crippen LogP contribution in [0.15, 0.2) is 22.8 Å². The van der Waals surface area contributed by atoms with Crippen LogP contribution >= 0.6 is 25.3 Å². The summed E-state index contributed by atoms with van der Waals surface area (Å²) in [4.78, 5) is 11.7. The molecule has 5 rings (SSSR count). The highest BCUT2D eigenvalue weighted by Crippen LogP contribution is 2.34. The highest BCUT2D eigenvalue weighted by Gasteiger charge is 2.20. The fraction of sp³-hybridized carbons (Fsp3) is 0.476. The van der Waals surface area contributed by atoms with E-state index in [1.165, 1.54) is 0 Å². The molecule has 0 radical (unpaired) electrons. The summed E-state index contributed by atoms with van der Waals surface area (Å²) in [6, 6.07) is 6.09. The summed E-state index contributed by atoms with van der Waals surface area (Å²) in [6.45, 7) is 4.68. The molecule has 2 atom stereocenters. The Balaban J connectivity index is 1.43. The highest BCUT2D eigenvalue weighted by molar-refractivity contribution is 9.10. The van der Waals surface area contributed by atoms with Crippen molar-refractivity contribution in [3.63, 3.8) is 0 Å². The van der Waals surface area contributed by atoms with Gasteiger partial charge in [-0.1, -0.05) is 0 Å². The second-order valence-corrected chi connectivity index (χ2v) is 9.20. The Hall–Kier alpha value is -2.20. The predicted octanol–water partition coefficient (Wildman–Crippen LogP) is 3.41. The van der Waals surface area contributed by atoms with Crippen molar-refractivity contribution in [2.24, 2.45) is 0 Å². The zero-order valence-corrected chi connectivity index (χ0v) is 21.1. The molecule has 0 amide bonds. The largest absolute Gasteiger partial charge is 0.494 e. The maximum atomic E-state index is 5.75. The van der Waals surface area contributed by atoms with E-state index in [4.69, 9.17) is 24.2 Å². The summed E-state index contributed by atoms with van der Waals surface area (Å²) in [5.74, 6) is 1.87. The van der Waals surface area contributed by atoms with Crippen molar-refractivity contribution in [1.29, 1.82) is 0 Å². The molecule has 1 aromatic carbocycles. The minimum atomic E-state index is 0.184. The van der Waals surface area contributed by atoms with Gasteiger partial charge in [-0.05, 0) is 50.3 Å². The molecule has 3 aromatic rings. The van der Waals surface area contributed by atoms with Gasteiger partial charge in [-0.25, -0.2) is 4.45 Å². The summed E-state index contributed by atoms with van der Waals surface area (Å²) < 4.78 is 19.2. The number of hydrogen-bond donors (Lipinski definition) is 2. The van der Waals surface area contributed by atoms with E-state index in [2.05, 4.69) is 52.0 Å². The van der Waals surface area contributed by atoms with E-state index in [1.54, 1.807) is 11.6 Å². The van der Waals surface area contributed by atoms with Crippen LogP contribution < -0.4 is 20.3 Å². The summed E-state index contributed by atoms with van der Waals surface area (Å²) in [5, 5.41) is 12.0. The number of hydrogen-bond acceptors (Lipinski definition) is 9. The number of morpholine rings is 1. The predicted molar refractivity (Wildman–Crippen MR) is 135 cm³/mol. The molecule has 2 N–H and O–H groups in total. The highest BCUT2D eigenvalue weighted by atomic mass is 79.9. The molecule has 12 heteroatoms. The van der Waals surface area contributed by atoms with E-state index in [1.807, 2.05) is 12.1 Å². The van der Waals surface area contributed by atoms with Crippen molar-refractivity contribution < 1.29 is 14.2 Å². The first-order chi connectivity index (χ1) is 16.1. The summed E-state index contributed by atoms with van der Waals surface area (Å²) in [6.07, 6.45) is 2.32. The molecule has 0 saturated carbocycles. The number of nitrogens with zero attached hydrogens (tertiary/aromatic N) is 5. The number of aromatic nitrogens is 4. The number of fused-ring (bicyclic) bond motifs is 1. The molecule has 176 valence electrons. The third-order valence-corrected chi connectivity index (χ3v) is 6.75. The van der Waals surface area contributed by atoms with Crippen LogP contribution in [0.2, 0.25) is 0 Å². The SMILES string of the molecule is COc1cc(N2CCOCC2)ccc1Nc1nc(NCC2CCCO2)c2c(Br)nn(P)c2n1. The molecule has 2 aliphatic rings. The molecule has 10 nitrogen and oxygen atoms in total. The zero-order valence-electron chi connectivity index (χ0n) is 18.4. The smallest absolute Gasteiger partial charge is 0.231 e. The fourth-order valence-electron chi connectivity index (χ4n) is 4.12. The number of rotatable bonds is 7. The molecule has 33 heavy (non-hydrogen) atoms. The standard InChI is InChI=1S/C21H27BrN7O3P/c1-30-16-11-13(28-6-9-31-10-7-28)4-5-15(16)24-21-25-19(23-12-14-3-2-8-32-14)17-18(22)27-29(33)20(17)26-21/h4-5,11,14H,2-3,6-10,12,33H2,1H3,(H2,23,24,25,26). The van der Waals surface area contributed by atoms with Crippen LogP contribution in [-0.4, -0.2) is 72.2 Å². The molecule has 4 heterocycles. The average Bonchev–Trinajstić information content (AvgIpc) is 3.46. The molecule has 2 aromatic heterocycles. The van der Waals surface area contributed by atoms with Gasteiger partial charge in [-0.15, -0.1) is 0 Å². The van der Waals surface area contributed by atoms with Crippen molar-refractivity contribution in [1.82, 2.24) is 19.5 Å². The fourth-order valence-corrected chi connectivity index (χ4v) is 5.13. The van der Waals surface area contributed by atoms with Crippen LogP contribution in [0.4, 0.5) is 23.1 Å². The Morgan fingerprint density at radius 2 is 2.09 bits per heavy atom. The molecule has 0 bridgehead atoms. The number of benzene rings is 1. The number of halogens is 1. The van der Waals surface area contributed by atoms with Crippen LogP contribution in [-0.2, 0) is 9.47 Å². The maximum Gasteiger partial charge on any atom is 0.231 e. The van der Waals surface area contributed by atoms with Gasteiger partial charge in [0, 0.05) is 38.0 Å². The van der Waals surface area contributed by atoms with Gasteiger partial charge in [0.25, 0.3) is 0 Å². The van der Waals surface area contributed by atoms with Gasteiger partial charge in [0.15, 0.2) is 5.65 Å². The number of anilines is 4. The summed E-state index contributed by atoms with van der Waals surface area (Å²) >= 11 is 3.53. The van der Waals surface area contributed by atoms with Gasteiger partial charge in [0.05, 0.1) is 37.5 Å². The average molecular weight is 536 g/mol. The maximum absolute atomic E-state index is 5.75. The van der Waals surface area contributed by atoms with E-state index in [-0.39, 0.29) is 6.10 Å². The summed E-state index contributed by atoms with van der Waals surface area (Å²) in [7, 11) is 4.23. The van der Waals surface area contributed by atoms with Crippen molar-refractivity contribution in [2.45, 2.75) is 18.9 Å². The van der Waals surface area contributed by atoms with E-state index >= 15 is 0 Å². The lowest BCUT2D eigenvalue weighted by molar-refractivity contribution is 0.120. The Bertz CT molecular complexity index is 1130. The van der Waals surface area contributed by atoms with E-state index in [0.717, 1.165) is 68.3 Å². The van der Waals surface area contributed by atoms with Crippen molar-refractivity contribution in [3.8, 4) is 5.75 Å². The first kappa shape index (κ1) is 22.6. The van der Waals surface area contributed by atoms with E-state index in [9.17, 15) is 0 Å². The molecule has 0 spiro atoms. The number of nitrogens with one attached hydrogen (secondary N) is 2. The molecular weight excluding hydrogens is 509 g/mol. The van der Waals surface area contributed by atoms with Crippen LogP contribution in [0.25, 0.3) is 11.0 Å². The summed E-state index contributed by atoms with van der Waals surface area (Å²) in [5.41, 5.74) is 2.57. The van der Waals surface area contributed by atoms with Gasteiger partial charge < -0.3 is 29.7 Å². The van der Waals surface area contributed by atoms with Crippen LogP contribution in [0.3, 0.4) is 0 Å². The van der Waals surface area contributed by atoms with Gasteiger partial charge in [0.1, 0.15) is 16.2 Å². The van der Waals surface area contributed by atoms with Gasteiger partial charge in [-0.2, -0.15) is 15.1 Å². The Morgan fingerprint density at radius 3 is 2.85 bits per heavy atom. The van der Waals surface area contributed by atoms with E-state index < -0.39 is 0 Å². The van der Waals surface area contributed by atoms with Gasteiger partial charge in [-0.3, -0.25) is 0 Å². The normalized spacial score (nSPS) is 18.6. The third-order valence-electron chi connectivity index (χ3n) is 5.84. The van der Waals surface area contributed by atoms with Gasteiger partial charge >= 0.3 is 0 Å². The lowest BCUT2D eigenvalue weighted by atomic mass is 10.2. The monoisotopic (exact) mass is 535 g/mol. The van der Waals surface area contributed by atoms with Crippen molar-refractivity contribution in [2.75, 3.05) is 62.1 Å². The van der Waals surface area contributed by atoms with Gasteiger partial charge in [0.2, 0.25) is 5.95 Å². The Labute approximate surface area is 202 Å². The van der Waals surface area contributed by atoms with Crippen LogP contribution in [0, 0.1) is 0 Å². The van der Waals surface area contributed by atoms with Crippen LogP contribution in [0.1, 0.15) is 12.8 Å². The lowest BCUT2D eigenvalue weighted by Gasteiger charge is -2.29. The molecule has 2 unspecified atom stereocenters. The lowest BCUT2D eigenvalue weighted by Crippen LogP contribution is -2.36. The molecule has 2 aliphatic heterocycles. The first-order valence-corrected chi connectivity index (χ1v) is 12.3. The topological polar surface area (TPSA) is 98.6 Å². The Morgan fingerprint density at radius 1 is 1.24 bits per heavy atom. The molecule has 0 aliphatic carbocycles. The van der Waals surface area contributed by atoms with E-state index in [0.29, 0.717) is 28.6 Å². The zero-order chi connectivity index (χ0) is 22.8. The second-order valence-electron chi connectivity index (χ2n) is 7.95. The quantitative estimate of drug-likeness (QED) is 0.441. The second kappa shape index (κ2) is 9.97. The molecule has 2 fully saturated rings. The molecular formula is C21H27BrN7O3P. The van der Waals surface area contributed by atoms with Crippen LogP contribution in [0.5, 0.6) is 5.75 Å². The van der Waals surface area contributed by atoms with Crippen molar-refractivity contribution in [3.05, 3.63) is 22.8 Å². The minimum absolute atomic E-state index is 0.184. The molecule has 2 saturated heterocycles. The number of methoxy groups -OCH3 is 1. The third kappa shape index (κ3) is 4.87. The van der Waals surface area contributed by atoms with Crippen molar-refractivity contribution >= 4 is 59.5 Å². The minimum Gasteiger partial charge on any atom is -0.494 e. The first-order valence-electron chi connectivity index (χ1n) is 11.0.